The molecule has 0 aliphatic heterocycles. The lowest BCUT2D eigenvalue weighted by Gasteiger charge is -2.20. The molecule has 0 unspecified atom stereocenters. The minimum absolute atomic E-state index is 0.0388. The third kappa shape index (κ3) is 4.41. The smallest absolute Gasteiger partial charge is 0.233 e. The molecule has 30 heavy (non-hydrogen) atoms. The summed E-state index contributed by atoms with van der Waals surface area (Å²) in [5.74, 6) is 0.0388. The van der Waals surface area contributed by atoms with Crippen molar-refractivity contribution in [2.45, 2.75) is 40.2 Å². The third-order valence-corrected chi connectivity index (χ3v) is 6.41. The number of fused-ring (bicyclic) bond motifs is 1. The Labute approximate surface area is 181 Å². The van der Waals surface area contributed by atoms with E-state index in [9.17, 15) is 4.79 Å². The summed E-state index contributed by atoms with van der Waals surface area (Å²) in [5, 5.41) is 0.732. The Morgan fingerprint density at radius 1 is 1.00 bits per heavy atom. The number of hydrogen-bond donors (Lipinski definition) is 0. The fraction of sp³-hybridized carbons (Fsp3) is 0.240. The second-order valence-corrected chi connectivity index (χ2v) is 8.60. The van der Waals surface area contributed by atoms with E-state index in [2.05, 4.69) is 50.0 Å². The number of carbonyl (C=O) groups is 1. The molecule has 0 bridgehead atoms. The second kappa shape index (κ2) is 8.76. The molecule has 0 saturated carbocycles. The first-order valence-corrected chi connectivity index (χ1v) is 11.0. The second-order valence-electron chi connectivity index (χ2n) is 7.59. The molecule has 0 aliphatic rings. The Hall–Kier alpha value is -3.05. The van der Waals surface area contributed by atoms with Crippen LogP contribution < -0.4 is 4.90 Å². The van der Waals surface area contributed by atoms with Crippen LogP contribution in [0, 0.1) is 13.8 Å². The van der Waals surface area contributed by atoms with Gasteiger partial charge < -0.3 is 0 Å². The summed E-state index contributed by atoms with van der Waals surface area (Å²) in [6.45, 7) is 6.76. The number of rotatable bonds is 6. The minimum Gasteiger partial charge on any atom is -0.283 e. The number of aromatic nitrogens is 2. The van der Waals surface area contributed by atoms with Gasteiger partial charge in [-0.15, -0.1) is 0 Å². The van der Waals surface area contributed by atoms with Gasteiger partial charge in [0.1, 0.15) is 0 Å². The third-order valence-electron chi connectivity index (χ3n) is 5.37. The molecule has 0 atom stereocenters. The topological polar surface area (TPSA) is 46.1 Å². The van der Waals surface area contributed by atoms with Crippen molar-refractivity contribution in [2.75, 3.05) is 4.90 Å². The van der Waals surface area contributed by atoms with Gasteiger partial charge in [0.2, 0.25) is 5.91 Å². The Morgan fingerprint density at radius 2 is 1.83 bits per heavy atom. The van der Waals surface area contributed by atoms with Crippen molar-refractivity contribution >= 4 is 32.6 Å². The Morgan fingerprint density at radius 3 is 2.57 bits per heavy atom. The fourth-order valence-corrected chi connectivity index (χ4v) is 4.46. The zero-order chi connectivity index (χ0) is 21.1. The molecule has 4 nitrogen and oxygen atoms in total. The molecular weight excluding hydrogens is 390 g/mol. The molecule has 4 aromatic rings. The first-order chi connectivity index (χ1) is 14.5. The van der Waals surface area contributed by atoms with E-state index in [1.54, 1.807) is 28.6 Å². The summed E-state index contributed by atoms with van der Waals surface area (Å²) >= 11 is 1.57. The van der Waals surface area contributed by atoms with Crippen LogP contribution in [0.3, 0.4) is 0 Å². The molecule has 4 rings (SSSR count). The lowest BCUT2D eigenvalue weighted by molar-refractivity contribution is -0.118. The average molecular weight is 416 g/mol. The number of thiazole rings is 1. The molecule has 0 saturated heterocycles. The minimum atomic E-state index is 0.0388. The number of aryl methyl sites for hydroxylation is 3. The number of amides is 1. The van der Waals surface area contributed by atoms with Gasteiger partial charge in [0.15, 0.2) is 5.13 Å². The SMILES string of the molecule is CCc1ccc2nc(N(Cc3cccnc3)C(=O)Cc3ccc(C)c(C)c3)sc2c1. The molecule has 2 aromatic carbocycles. The predicted molar refractivity (Wildman–Crippen MR) is 124 cm³/mol. The van der Waals surface area contributed by atoms with Crippen LogP contribution in [0.1, 0.15) is 34.7 Å². The summed E-state index contributed by atoms with van der Waals surface area (Å²) in [6.07, 6.45) is 4.87. The van der Waals surface area contributed by atoms with Crippen molar-refractivity contribution in [3.05, 3.63) is 88.7 Å². The molecule has 0 aliphatic carbocycles. The van der Waals surface area contributed by atoms with Gasteiger partial charge in [-0.1, -0.05) is 48.6 Å². The van der Waals surface area contributed by atoms with Gasteiger partial charge in [0, 0.05) is 12.4 Å². The lowest BCUT2D eigenvalue weighted by Crippen LogP contribution is -2.31. The number of anilines is 1. The van der Waals surface area contributed by atoms with Gasteiger partial charge >= 0.3 is 0 Å². The number of nitrogens with zero attached hydrogens (tertiary/aromatic N) is 3. The molecule has 2 heterocycles. The highest BCUT2D eigenvalue weighted by Crippen LogP contribution is 2.31. The first kappa shape index (κ1) is 20.2. The van der Waals surface area contributed by atoms with Crippen LogP contribution in [0.4, 0.5) is 5.13 Å². The zero-order valence-electron chi connectivity index (χ0n) is 17.6. The van der Waals surface area contributed by atoms with E-state index in [1.807, 2.05) is 24.3 Å². The van der Waals surface area contributed by atoms with Crippen LogP contribution in [0.15, 0.2) is 60.9 Å². The molecule has 0 radical (unpaired) electrons. The average Bonchev–Trinajstić information content (AvgIpc) is 3.18. The van der Waals surface area contributed by atoms with Gasteiger partial charge in [0.05, 0.1) is 23.2 Å². The van der Waals surface area contributed by atoms with E-state index in [0.29, 0.717) is 13.0 Å². The molecular formula is C25H25N3OS. The maximum Gasteiger partial charge on any atom is 0.233 e. The number of hydrogen-bond acceptors (Lipinski definition) is 4. The molecule has 5 heteroatoms. The molecule has 152 valence electrons. The van der Waals surface area contributed by atoms with Crippen LogP contribution >= 0.6 is 11.3 Å². The number of pyridine rings is 1. The van der Waals surface area contributed by atoms with E-state index in [0.717, 1.165) is 32.9 Å². The van der Waals surface area contributed by atoms with Gasteiger partial charge in [-0.2, -0.15) is 0 Å². The van der Waals surface area contributed by atoms with Crippen LogP contribution in [-0.4, -0.2) is 15.9 Å². The van der Waals surface area contributed by atoms with Crippen LogP contribution in [0.2, 0.25) is 0 Å². The first-order valence-electron chi connectivity index (χ1n) is 10.2. The van der Waals surface area contributed by atoms with E-state index < -0.39 is 0 Å². The largest absolute Gasteiger partial charge is 0.283 e. The summed E-state index contributed by atoms with van der Waals surface area (Å²) in [6, 6.07) is 16.4. The van der Waals surface area contributed by atoms with Gasteiger partial charge in [-0.25, -0.2) is 4.98 Å². The molecule has 1 amide bonds. The fourth-order valence-electron chi connectivity index (χ4n) is 3.41. The van der Waals surface area contributed by atoms with Crippen molar-refractivity contribution in [1.82, 2.24) is 9.97 Å². The summed E-state index contributed by atoms with van der Waals surface area (Å²) in [4.78, 5) is 24.2. The van der Waals surface area contributed by atoms with Gasteiger partial charge in [-0.05, 0) is 66.3 Å². The molecule has 0 fully saturated rings. The van der Waals surface area contributed by atoms with Crippen LogP contribution in [0.25, 0.3) is 10.2 Å². The molecule has 0 N–H and O–H groups in total. The van der Waals surface area contributed by atoms with E-state index >= 15 is 0 Å². The number of benzene rings is 2. The Bertz CT molecular complexity index is 1180. The van der Waals surface area contributed by atoms with Crippen molar-refractivity contribution < 1.29 is 4.79 Å². The van der Waals surface area contributed by atoms with Crippen LogP contribution in [-0.2, 0) is 24.2 Å². The highest BCUT2D eigenvalue weighted by Gasteiger charge is 2.21. The van der Waals surface area contributed by atoms with Crippen molar-refractivity contribution in [2.24, 2.45) is 0 Å². The molecule has 0 spiro atoms. The highest BCUT2D eigenvalue weighted by molar-refractivity contribution is 7.22. The monoisotopic (exact) mass is 415 g/mol. The maximum atomic E-state index is 13.4. The maximum absolute atomic E-state index is 13.4. The summed E-state index contributed by atoms with van der Waals surface area (Å²) in [7, 11) is 0. The quantitative estimate of drug-likeness (QED) is 0.409. The summed E-state index contributed by atoms with van der Waals surface area (Å²) in [5.41, 5.74) is 6.65. The van der Waals surface area contributed by atoms with Crippen molar-refractivity contribution in [3.63, 3.8) is 0 Å². The predicted octanol–water partition coefficient (Wildman–Crippen LogP) is 5.65. The summed E-state index contributed by atoms with van der Waals surface area (Å²) < 4.78 is 1.11. The zero-order valence-corrected chi connectivity index (χ0v) is 18.4. The lowest BCUT2D eigenvalue weighted by atomic mass is 10.0. The van der Waals surface area contributed by atoms with Crippen LogP contribution in [0.5, 0.6) is 0 Å². The number of carbonyl (C=O) groups excluding carboxylic acids is 1. The Balaban J connectivity index is 1.68. The van der Waals surface area contributed by atoms with Gasteiger partial charge in [0.25, 0.3) is 0 Å². The Kier molecular flexibility index (Phi) is 5.91. The standard InChI is InChI=1S/C25H25N3OS/c1-4-19-9-10-22-23(13-19)30-25(27-22)28(16-21-6-5-11-26-15-21)24(29)14-20-8-7-17(2)18(3)12-20/h5-13,15H,4,14,16H2,1-3H3. The van der Waals surface area contributed by atoms with E-state index in [1.165, 1.54) is 16.7 Å². The van der Waals surface area contributed by atoms with E-state index in [-0.39, 0.29) is 5.91 Å². The molecule has 2 aromatic heterocycles. The van der Waals surface area contributed by atoms with Gasteiger partial charge in [-0.3, -0.25) is 14.7 Å². The normalized spacial score (nSPS) is 11.0. The van der Waals surface area contributed by atoms with Crippen molar-refractivity contribution in [1.29, 1.82) is 0 Å². The van der Waals surface area contributed by atoms with Crippen molar-refractivity contribution in [3.8, 4) is 0 Å². The van der Waals surface area contributed by atoms with E-state index in [4.69, 9.17) is 4.98 Å². The highest BCUT2D eigenvalue weighted by atomic mass is 32.1.